The van der Waals surface area contributed by atoms with E-state index >= 15 is 0 Å². The van der Waals surface area contributed by atoms with Crippen LogP contribution in [0.2, 0.25) is 0 Å². The van der Waals surface area contributed by atoms with Gasteiger partial charge < -0.3 is 4.74 Å². The average Bonchev–Trinajstić information content (AvgIpc) is 2.04. The summed E-state index contributed by atoms with van der Waals surface area (Å²) in [5.74, 6) is -0.384. The summed E-state index contributed by atoms with van der Waals surface area (Å²) in [4.78, 5) is 14.8. The third-order valence-electron chi connectivity index (χ3n) is 1.16. The fraction of sp³-hybridized carbons (Fsp3) is 0.143. The second-order valence-electron chi connectivity index (χ2n) is 1.83. The predicted octanol–water partition coefficient (Wildman–Crippen LogP) is 1.63. The van der Waals surface area contributed by atoms with E-state index in [1.165, 1.54) is 7.11 Å². The number of hydrogen-bond donors (Lipinski definition) is 0. The van der Waals surface area contributed by atoms with E-state index in [-0.39, 0.29) is 5.97 Å². The Labute approximate surface area is 72.5 Å². The standard InChI is InChI=1S/C7H6BrNO2/c1-11-7(10)5-3-2-4-9-6(5)8/h2-4H,1H3. The maximum atomic E-state index is 10.9. The van der Waals surface area contributed by atoms with Gasteiger partial charge in [-0.3, -0.25) is 0 Å². The Balaban J connectivity index is 3.03. The van der Waals surface area contributed by atoms with Crippen LogP contribution < -0.4 is 0 Å². The van der Waals surface area contributed by atoms with Crippen molar-refractivity contribution in [2.24, 2.45) is 0 Å². The lowest BCUT2D eigenvalue weighted by Gasteiger charge is -1.98. The van der Waals surface area contributed by atoms with Gasteiger partial charge in [-0.15, -0.1) is 0 Å². The highest BCUT2D eigenvalue weighted by Gasteiger charge is 2.08. The Morgan fingerprint density at radius 2 is 2.45 bits per heavy atom. The number of aromatic nitrogens is 1. The Bertz CT molecular complexity index is 275. The summed E-state index contributed by atoms with van der Waals surface area (Å²) in [7, 11) is 1.34. The molecule has 0 unspecified atom stereocenters. The highest BCUT2D eigenvalue weighted by atomic mass is 79.9. The molecule has 0 amide bonds. The minimum Gasteiger partial charge on any atom is -0.465 e. The Kier molecular flexibility index (Phi) is 2.59. The summed E-state index contributed by atoms with van der Waals surface area (Å²) < 4.78 is 5.01. The van der Waals surface area contributed by atoms with Crippen LogP contribution in [-0.4, -0.2) is 18.1 Å². The zero-order valence-electron chi connectivity index (χ0n) is 5.87. The number of halogens is 1. The molecule has 0 atom stereocenters. The van der Waals surface area contributed by atoms with E-state index in [0.29, 0.717) is 10.2 Å². The molecular weight excluding hydrogens is 210 g/mol. The molecule has 0 aliphatic heterocycles. The lowest BCUT2D eigenvalue weighted by molar-refractivity contribution is 0.0599. The van der Waals surface area contributed by atoms with Gasteiger partial charge in [0.05, 0.1) is 12.7 Å². The Hall–Kier alpha value is -0.900. The number of carbonyl (C=O) groups excluding carboxylic acids is 1. The Morgan fingerprint density at radius 1 is 1.73 bits per heavy atom. The number of methoxy groups -OCH3 is 1. The second-order valence-corrected chi connectivity index (χ2v) is 2.58. The first-order valence-corrected chi connectivity index (χ1v) is 3.74. The van der Waals surface area contributed by atoms with Gasteiger partial charge >= 0.3 is 5.97 Å². The van der Waals surface area contributed by atoms with E-state index in [0.717, 1.165) is 0 Å². The van der Waals surface area contributed by atoms with Gasteiger partial charge in [0, 0.05) is 6.20 Å². The van der Waals surface area contributed by atoms with Crippen molar-refractivity contribution in [1.29, 1.82) is 0 Å². The van der Waals surface area contributed by atoms with Crippen molar-refractivity contribution in [2.75, 3.05) is 7.11 Å². The molecule has 0 aliphatic carbocycles. The summed E-state index contributed by atoms with van der Waals surface area (Å²) in [5, 5.41) is 0. The van der Waals surface area contributed by atoms with E-state index in [9.17, 15) is 4.79 Å². The molecule has 0 bridgehead atoms. The monoisotopic (exact) mass is 215 g/mol. The fourth-order valence-corrected chi connectivity index (χ4v) is 1.06. The van der Waals surface area contributed by atoms with Crippen LogP contribution in [0.15, 0.2) is 22.9 Å². The summed E-state index contributed by atoms with van der Waals surface area (Å²) in [6.45, 7) is 0. The number of nitrogens with zero attached hydrogens (tertiary/aromatic N) is 1. The lowest BCUT2D eigenvalue weighted by Crippen LogP contribution is -2.02. The van der Waals surface area contributed by atoms with Crippen LogP contribution >= 0.6 is 15.9 Å². The minimum absolute atomic E-state index is 0.384. The normalized spacial score (nSPS) is 9.27. The second kappa shape index (κ2) is 3.48. The lowest BCUT2D eigenvalue weighted by atomic mass is 10.3. The average molecular weight is 216 g/mol. The summed E-state index contributed by atoms with van der Waals surface area (Å²) >= 11 is 3.13. The molecule has 0 aliphatic rings. The largest absolute Gasteiger partial charge is 0.465 e. The number of pyridine rings is 1. The van der Waals surface area contributed by atoms with E-state index in [4.69, 9.17) is 0 Å². The SMILES string of the molecule is COC(=O)c1cccnc1Br. The fourth-order valence-electron chi connectivity index (χ4n) is 0.648. The molecule has 0 aromatic carbocycles. The number of carbonyl (C=O) groups is 1. The van der Waals surface area contributed by atoms with Gasteiger partial charge in [-0.1, -0.05) is 0 Å². The zero-order valence-corrected chi connectivity index (χ0v) is 7.46. The van der Waals surface area contributed by atoms with E-state index in [2.05, 4.69) is 25.7 Å². The van der Waals surface area contributed by atoms with Crippen LogP contribution in [0.1, 0.15) is 10.4 Å². The molecule has 11 heavy (non-hydrogen) atoms. The van der Waals surface area contributed by atoms with Crippen LogP contribution in [0, 0.1) is 0 Å². The van der Waals surface area contributed by atoms with Gasteiger partial charge in [-0.25, -0.2) is 9.78 Å². The molecule has 3 nitrogen and oxygen atoms in total. The predicted molar refractivity (Wildman–Crippen MR) is 43.3 cm³/mol. The molecule has 0 N–H and O–H groups in total. The van der Waals surface area contributed by atoms with Crippen molar-refractivity contribution in [2.45, 2.75) is 0 Å². The van der Waals surface area contributed by atoms with Crippen molar-refractivity contribution < 1.29 is 9.53 Å². The molecule has 4 heteroatoms. The molecule has 1 aromatic rings. The van der Waals surface area contributed by atoms with Crippen molar-refractivity contribution in [1.82, 2.24) is 4.98 Å². The van der Waals surface area contributed by atoms with Gasteiger partial charge in [-0.2, -0.15) is 0 Å². The molecule has 0 saturated carbocycles. The van der Waals surface area contributed by atoms with Gasteiger partial charge in [-0.05, 0) is 28.1 Å². The summed E-state index contributed by atoms with van der Waals surface area (Å²) in [6.07, 6.45) is 1.59. The maximum absolute atomic E-state index is 10.9. The highest BCUT2D eigenvalue weighted by molar-refractivity contribution is 9.10. The molecule has 0 saturated heterocycles. The van der Waals surface area contributed by atoms with E-state index in [1.807, 2.05) is 0 Å². The van der Waals surface area contributed by atoms with Crippen LogP contribution in [0.4, 0.5) is 0 Å². The molecule has 0 radical (unpaired) electrons. The van der Waals surface area contributed by atoms with Crippen LogP contribution in [0.5, 0.6) is 0 Å². The quantitative estimate of drug-likeness (QED) is 0.529. The van der Waals surface area contributed by atoms with Gasteiger partial charge in [0.25, 0.3) is 0 Å². The van der Waals surface area contributed by atoms with Gasteiger partial charge in [0.1, 0.15) is 4.60 Å². The van der Waals surface area contributed by atoms with Gasteiger partial charge in [0.2, 0.25) is 0 Å². The van der Waals surface area contributed by atoms with Crippen molar-refractivity contribution >= 4 is 21.9 Å². The number of esters is 1. The molecule has 0 spiro atoms. The van der Waals surface area contributed by atoms with Crippen LogP contribution in [-0.2, 0) is 4.74 Å². The first kappa shape index (κ1) is 8.20. The molecule has 1 aromatic heterocycles. The molecule has 0 fully saturated rings. The van der Waals surface area contributed by atoms with Crippen molar-refractivity contribution in [3.05, 3.63) is 28.5 Å². The summed E-state index contributed by atoms with van der Waals surface area (Å²) in [5.41, 5.74) is 0.440. The maximum Gasteiger partial charge on any atom is 0.340 e. The smallest absolute Gasteiger partial charge is 0.340 e. The number of ether oxygens (including phenoxy) is 1. The Morgan fingerprint density at radius 3 is 3.00 bits per heavy atom. The third-order valence-corrected chi connectivity index (χ3v) is 1.80. The van der Waals surface area contributed by atoms with Gasteiger partial charge in [0.15, 0.2) is 0 Å². The van der Waals surface area contributed by atoms with Crippen molar-refractivity contribution in [3.63, 3.8) is 0 Å². The number of hydrogen-bond acceptors (Lipinski definition) is 3. The van der Waals surface area contributed by atoms with Crippen molar-refractivity contribution in [3.8, 4) is 0 Å². The zero-order chi connectivity index (χ0) is 8.27. The van der Waals surface area contributed by atoms with E-state index < -0.39 is 0 Å². The molecular formula is C7H6BrNO2. The number of rotatable bonds is 1. The first-order chi connectivity index (χ1) is 5.25. The highest BCUT2D eigenvalue weighted by Crippen LogP contribution is 2.12. The molecule has 58 valence electrons. The molecule has 1 heterocycles. The molecule has 1 rings (SSSR count). The van der Waals surface area contributed by atoms with E-state index in [1.54, 1.807) is 18.3 Å². The van der Waals surface area contributed by atoms with Crippen LogP contribution in [0.25, 0.3) is 0 Å². The topological polar surface area (TPSA) is 39.2 Å². The first-order valence-electron chi connectivity index (χ1n) is 2.94. The minimum atomic E-state index is -0.384. The van der Waals surface area contributed by atoms with Crippen LogP contribution in [0.3, 0.4) is 0 Å². The third kappa shape index (κ3) is 1.77. The summed E-state index contributed by atoms with van der Waals surface area (Å²) in [6, 6.07) is 3.32.